The van der Waals surface area contributed by atoms with Gasteiger partial charge in [-0.2, -0.15) is 0 Å². The molecule has 1 aromatic carbocycles. The van der Waals surface area contributed by atoms with Gasteiger partial charge in [-0.3, -0.25) is 9.59 Å². The van der Waals surface area contributed by atoms with Crippen LogP contribution >= 0.6 is 0 Å². The number of fused-ring (bicyclic) bond motifs is 1. The van der Waals surface area contributed by atoms with E-state index >= 15 is 0 Å². The molecule has 0 aliphatic carbocycles. The van der Waals surface area contributed by atoms with Gasteiger partial charge in [-0.05, 0) is 18.6 Å². The maximum atomic E-state index is 12.5. The van der Waals surface area contributed by atoms with Crippen molar-refractivity contribution in [2.75, 3.05) is 19.1 Å². The Hall–Kier alpha value is -2.37. The van der Waals surface area contributed by atoms with Gasteiger partial charge in [0.25, 0.3) is 5.56 Å². The number of para-hydroxylation sites is 1. The lowest BCUT2D eigenvalue weighted by atomic mass is 10.2. The molecule has 0 saturated carbocycles. The molecule has 0 radical (unpaired) electrons. The second kappa shape index (κ2) is 5.73. The highest BCUT2D eigenvalue weighted by atomic mass is 16.4. The van der Waals surface area contributed by atoms with Crippen LogP contribution in [0.4, 0.5) is 0 Å². The summed E-state index contributed by atoms with van der Waals surface area (Å²) in [7, 11) is 3.52. The van der Waals surface area contributed by atoms with Crippen molar-refractivity contribution in [3.63, 3.8) is 0 Å². The Labute approximate surface area is 116 Å². The van der Waals surface area contributed by atoms with Crippen molar-refractivity contribution in [3.05, 3.63) is 40.4 Å². The number of hydrogen-bond acceptors (Lipinski definition) is 4. The van der Waals surface area contributed by atoms with Crippen LogP contribution in [0.5, 0.6) is 0 Å². The fourth-order valence-electron chi connectivity index (χ4n) is 2.14. The second-order valence-corrected chi connectivity index (χ2v) is 4.76. The SMILES string of the molecule is CN(C)n1c(CCCC(=O)O)nc2ccccc2c1=O. The van der Waals surface area contributed by atoms with Crippen LogP contribution in [0.3, 0.4) is 0 Å². The van der Waals surface area contributed by atoms with Crippen molar-refractivity contribution in [3.8, 4) is 0 Å². The molecule has 20 heavy (non-hydrogen) atoms. The van der Waals surface area contributed by atoms with Crippen LogP contribution in [0.15, 0.2) is 29.1 Å². The number of aryl methyl sites for hydroxylation is 1. The molecule has 0 atom stereocenters. The summed E-state index contributed by atoms with van der Waals surface area (Å²) in [6.45, 7) is 0. The zero-order valence-electron chi connectivity index (χ0n) is 11.5. The Kier molecular flexibility index (Phi) is 4.02. The number of rotatable bonds is 5. The zero-order chi connectivity index (χ0) is 14.7. The summed E-state index contributed by atoms with van der Waals surface area (Å²) in [4.78, 5) is 27.5. The minimum Gasteiger partial charge on any atom is -0.481 e. The number of nitrogens with zero attached hydrogens (tertiary/aromatic N) is 3. The van der Waals surface area contributed by atoms with E-state index in [1.807, 2.05) is 6.07 Å². The minimum absolute atomic E-state index is 0.0656. The summed E-state index contributed by atoms with van der Waals surface area (Å²) < 4.78 is 1.49. The molecule has 2 aromatic rings. The third-order valence-corrected chi connectivity index (χ3v) is 3.01. The first-order valence-corrected chi connectivity index (χ1v) is 6.41. The molecule has 106 valence electrons. The standard InChI is InChI=1S/C14H17N3O3/c1-16(2)17-12(8-5-9-13(18)19)15-11-7-4-3-6-10(11)14(17)20/h3-4,6-7H,5,8-9H2,1-2H3,(H,18,19). The highest BCUT2D eigenvalue weighted by molar-refractivity contribution is 5.77. The van der Waals surface area contributed by atoms with Crippen LogP contribution < -0.4 is 10.6 Å². The maximum Gasteiger partial charge on any atom is 0.303 e. The van der Waals surface area contributed by atoms with Crippen molar-refractivity contribution in [1.29, 1.82) is 0 Å². The topological polar surface area (TPSA) is 75.4 Å². The van der Waals surface area contributed by atoms with E-state index in [-0.39, 0.29) is 12.0 Å². The number of carboxylic acid groups (broad SMARTS) is 1. The zero-order valence-corrected chi connectivity index (χ0v) is 11.5. The van der Waals surface area contributed by atoms with Gasteiger partial charge in [0, 0.05) is 26.9 Å². The molecule has 1 N–H and O–H groups in total. The summed E-state index contributed by atoms with van der Waals surface area (Å²) in [6, 6.07) is 7.16. The first kappa shape index (κ1) is 14.0. The third-order valence-electron chi connectivity index (χ3n) is 3.01. The molecule has 0 bridgehead atoms. The van der Waals surface area contributed by atoms with Gasteiger partial charge in [0.15, 0.2) is 0 Å². The first-order chi connectivity index (χ1) is 9.50. The summed E-state index contributed by atoms with van der Waals surface area (Å²) in [6.07, 6.45) is 0.967. The van der Waals surface area contributed by atoms with Crippen molar-refractivity contribution in [1.82, 2.24) is 9.66 Å². The molecule has 0 amide bonds. The number of aliphatic carboxylic acids is 1. The van der Waals surface area contributed by atoms with Gasteiger partial charge in [0.1, 0.15) is 5.82 Å². The molecule has 0 aliphatic heterocycles. The minimum atomic E-state index is -0.843. The van der Waals surface area contributed by atoms with Crippen molar-refractivity contribution >= 4 is 16.9 Å². The van der Waals surface area contributed by atoms with E-state index < -0.39 is 5.97 Å². The van der Waals surface area contributed by atoms with E-state index in [0.717, 1.165) is 0 Å². The van der Waals surface area contributed by atoms with Gasteiger partial charge < -0.3 is 10.1 Å². The lowest BCUT2D eigenvalue weighted by Gasteiger charge is -2.20. The van der Waals surface area contributed by atoms with Crippen LogP contribution in [0.25, 0.3) is 10.9 Å². The van der Waals surface area contributed by atoms with Gasteiger partial charge in [-0.25, -0.2) is 9.66 Å². The molecule has 0 unspecified atom stereocenters. The Bertz CT molecular complexity index is 692. The highest BCUT2D eigenvalue weighted by Gasteiger charge is 2.12. The van der Waals surface area contributed by atoms with Crippen LogP contribution in [-0.2, 0) is 11.2 Å². The predicted octanol–water partition coefficient (Wildman–Crippen LogP) is 1.00. The van der Waals surface area contributed by atoms with Crippen LogP contribution in [-0.4, -0.2) is 34.8 Å². The number of carboxylic acids is 1. The first-order valence-electron chi connectivity index (χ1n) is 6.41. The molecule has 0 saturated heterocycles. The van der Waals surface area contributed by atoms with E-state index in [1.54, 1.807) is 37.3 Å². The fraction of sp³-hybridized carbons (Fsp3) is 0.357. The van der Waals surface area contributed by atoms with E-state index in [2.05, 4.69) is 4.98 Å². The van der Waals surface area contributed by atoms with Gasteiger partial charge in [0.2, 0.25) is 0 Å². The van der Waals surface area contributed by atoms with Gasteiger partial charge in [-0.15, -0.1) is 0 Å². The summed E-state index contributed by atoms with van der Waals surface area (Å²) in [5, 5.41) is 10.9. The van der Waals surface area contributed by atoms with E-state index in [0.29, 0.717) is 29.6 Å². The molecule has 1 aromatic heterocycles. The lowest BCUT2D eigenvalue weighted by molar-refractivity contribution is -0.137. The molecule has 0 aliphatic rings. The van der Waals surface area contributed by atoms with Gasteiger partial charge in [-0.1, -0.05) is 12.1 Å². The number of benzene rings is 1. The Morgan fingerprint density at radius 2 is 2.05 bits per heavy atom. The monoisotopic (exact) mass is 275 g/mol. The van der Waals surface area contributed by atoms with E-state index in [4.69, 9.17) is 5.11 Å². The molecule has 0 fully saturated rings. The summed E-state index contributed by atoms with van der Waals surface area (Å²) >= 11 is 0. The quantitative estimate of drug-likeness (QED) is 0.881. The third kappa shape index (κ3) is 2.79. The number of aromatic nitrogens is 2. The van der Waals surface area contributed by atoms with Crippen molar-refractivity contribution < 1.29 is 9.90 Å². The average molecular weight is 275 g/mol. The van der Waals surface area contributed by atoms with Crippen LogP contribution in [0.1, 0.15) is 18.7 Å². The highest BCUT2D eigenvalue weighted by Crippen LogP contribution is 2.09. The number of hydrogen-bond donors (Lipinski definition) is 1. The van der Waals surface area contributed by atoms with Gasteiger partial charge >= 0.3 is 5.97 Å². The normalized spacial score (nSPS) is 10.7. The van der Waals surface area contributed by atoms with E-state index in [1.165, 1.54) is 4.68 Å². The summed E-state index contributed by atoms with van der Waals surface area (Å²) in [5.74, 6) is -0.260. The Morgan fingerprint density at radius 1 is 1.35 bits per heavy atom. The summed E-state index contributed by atoms with van der Waals surface area (Å²) in [5.41, 5.74) is 0.506. The van der Waals surface area contributed by atoms with Crippen LogP contribution in [0, 0.1) is 0 Å². The molecule has 6 nitrogen and oxygen atoms in total. The second-order valence-electron chi connectivity index (χ2n) is 4.76. The Morgan fingerprint density at radius 3 is 2.70 bits per heavy atom. The smallest absolute Gasteiger partial charge is 0.303 e. The van der Waals surface area contributed by atoms with Crippen molar-refractivity contribution in [2.45, 2.75) is 19.3 Å². The van der Waals surface area contributed by atoms with Crippen LogP contribution in [0.2, 0.25) is 0 Å². The number of carbonyl (C=O) groups is 1. The molecule has 0 spiro atoms. The lowest BCUT2D eigenvalue weighted by Crippen LogP contribution is -2.39. The van der Waals surface area contributed by atoms with Gasteiger partial charge in [0.05, 0.1) is 10.9 Å². The largest absolute Gasteiger partial charge is 0.481 e. The molecular weight excluding hydrogens is 258 g/mol. The predicted molar refractivity (Wildman–Crippen MR) is 76.6 cm³/mol. The molecular formula is C14H17N3O3. The van der Waals surface area contributed by atoms with Crippen molar-refractivity contribution in [2.24, 2.45) is 0 Å². The van der Waals surface area contributed by atoms with E-state index in [9.17, 15) is 9.59 Å². The molecule has 2 rings (SSSR count). The molecule has 6 heteroatoms. The fourth-order valence-corrected chi connectivity index (χ4v) is 2.14. The average Bonchev–Trinajstić information content (AvgIpc) is 2.38. The molecule has 1 heterocycles. The maximum absolute atomic E-state index is 12.5. The Balaban J connectivity index is 2.48.